The number of ether oxygens (including phenoxy) is 1. The average molecular weight is 297 g/mol. The Hall–Kier alpha value is -1.50. The molecule has 110 valence electrons. The zero-order valence-corrected chi connectivity index (χ0v) is 12.8. The molecule has 1 aromatic heterocycles. The fourth-order valence-corrected chi connectivity index (χ4v) is 3.08. The molecule has 1 aromatic rings. The largest absolute Gasteiger partial charge is 0.466 e. The summed E-state index contributed by atoms with van der Waals surface area (Å²) in [7, 11) is 0. The van der Waals surface area contributed by atoms with Gasteiger partial charge in [-0.3, -0.25) is 9.59 Å². The van der Waals surface area contributed by atoms with Gasteiger partial charge in [-0.1, -0.05) is 4.49 Å². The number of carbonyl (C=O) groups is 2. The first-order chi connectivity index (χ1) is 9.48. The Bertz CT molecular complexity index is 517. The van der Waals surface area contributed by atoms with Gasteiger partial charge in [0.05, 0.1) is 17.7 Å². The standard InChI is InChI=1S/C13H19N3O3S/c1-4-19-12(18)13(3)6-5-7-16(8-13)11(17)10-9(2)14-15-20-10/h4-8H2,1-3H3. The van der Waals surface area contributed by atoms with Crippen LogP contribution in [-0.4, -0.2) is 46.1 Å². The molecule has 0 aliphatic carbocycles. The number of rotatable bonds is 3. The molecule has 0 radical (unpaired) electrons. The summed E-state index contributed by atoms with van der Waals surface area (Å²) in [5, 5.41) is 3.86. The van der Waals surface area contributed by atoms with Crippen molar-refractivity contribution in [2.75, 3.05) is 19.7 Å². The third-order valence-electron chi connectivity index (χ3n) is 3.60. The summed E-state index contributed by atoms with van der Waals surface area (Å²) >= 11 is 1.10. The summed E-state index contributed by atoms with van der Waals surface area (Å²) < 4.78 is 8.92. The molecule has 0 spiro atoms. The van der Waals surface area contributed by atoms with Gasteiger partial charge in [-0.05, 0) is 45.1 Å². The van der Waals surface area contributed by atoms with Crippen molar-refractivity contribution in [2.24, 2.45) is 5.41 Å². The van der Waals surface area contributed by atoms with Crippen molar-refractivity contribution in [3.63, 3.8) is 0 Å². The summed E-state index contributed by atoms with van der Waals surface area (Å²) in [4.78, 5) is 26.8. The van der Waals surface area contributed by atoms with Crippen molar-refractivity contribution in [1.29, 1.82) is 0 Å². The molecule has 1 aliphatic rings. The van der Waals surface area contributed by atoms with Gasteiger partial charge in [0.2, 0.25) is 0 Å². The number of nitrogens with zero attached hydrogens (tertiary/aromatic N) is 3. The van der Waals surface area contributed by atoms with Gasteiger partial charge in [-0.15, -0.1) is 5.10 Å². The highest BCUT2D eigenvalue weighted by molar-refractivity contribution is 7.07. The van der Waals surface area contributed by atoms with Gasteiger partial charge >= 0.3 is 5.97 Å². The maximum absolute atomic E-state index is 12.5. The Labute approximate surface area is 122 Å². The van der Waals surface area contributed by atoms with E-state index in [2.05, 4.69) is 9.59 Å². The van der Waals surface area contributed by atoms with Crippen LogP contribution in [0, 0.1) is 12.3 Å². The fourth-order valence-electron chi connectivity index (χ4n) is 2.46. The molecule has 0 bridgehead atoms. The molecule has 1 amide bonds. The van der Waals surface area contributed by atoms with Crippen molar-refractivity contribution < 1.29 is 14.3 Å². The topological polar surface area (TPSA) is 72.4 Å². The molecule has 7 heteroatoms. The minimum Gasteiger partial charge on any atom is -0.466 e. The van der Waals surface area contributed by atoms with E-state index in [0.29, 0.717) is 30.3 Å². The lowest BCUT2D eigenvalue weighted by Crippen LogP contribution is -2.49. The van der Waals surface area contributed by atoms with E-state index in [-0.39, 0.29) is 11.9 Å². The Morgan fingerprint density at radius 3 is 2.85 bits per heavy atom. The van der Waals surface area contributed by atoms with E-state index in [4.69, 9.17) is 4.74 Å². The fraction of sp³-hybridized carbons (Fsp3) is 0.692. The Kier molecular flexibility index (Phi) is 4.37. The predicted molar refractivity (Wildman–Crippen MR) is 74.5 cm³/mol. The second kappa shape index (κ2) is 5.87. The van der Waals surface area contributed by atoms with Crippen molar-refractivity contribution in [2.45, 2.75) is 33.6 Å². The molecular weight excluding hydrogens is 278 g/mol. The van der Waals surface area contributed by atoms with E-state index in [1.165, 1.54) is 0 Å². The molecule has 0 N–H and O–H groups in total. The second-order valence-electron chi connectivity index (χ2n) is 5.30. The van der Waals surface area contributed by atoms with Crippen LogP contribution in [0.1, 0.15) is 42.1 Å². The molecular formula is C13H19N3O3S. The number of aromatic nitrogens is 2. The summed E-state index contributed by atoms with van der Waals surface area (Å²) in [5.74, 6) is -0.315. The van der Waals surface area contributed by atoms with Crippen LogP contribution in [0.5, 0.6) is 0 Å². The zero-order valence-electron chi connectivity index (χ0n) is 12.0. The molecule has 1 aliphatic heterocycles. The molecule has 2 heterocycles. The smallest absolute Gasteiger partial charge is 0.313 e. The normalized spacial score (nSPS) is 22.6. The molecule has 0 saturated carbocycles. The minimum atomic E-state index is -0.615. The van der Waals surface area contributed by atoms with E-state index in [1.807, 2.05) is 6.92 Å². The van der Waals surface area contributed by atoms with Gasteiger partial charge in [0.15, 0.2) is 0 Å². The van der Waals surface area contributed by atoms with Crippen molar-refractivity contribution in [3.05, 3.63) is 10.6 Å². The average Bonchev–Trinajstić information content (AvgIpc) is 2.84. The van der Waals surface area contributed by atoms with E-state index in [1.54, 1.807) is 18.7 Å². The van der Waals surface area contributed by atoms with E-state index in [9.17, 15) is 9.59 Å². The van der Waals surface area contributed by atoms with Crippen LogP contribution < -0.4 is 0 Å². The first-order valence-electron chi connectivity index (χ1n) is 6.73. The van der Waals surface area contributed by atoms with Crippen LogP contribution in [0.25, 0.3) is 0 Å². The van der Waals surface area contributed by atoms with Crippen LogP contribution in [0.15, 0.2) is 0 Å². The quantitative estimate of drug-likeness (QED) is 0.793. The molecule has 6 nitrogen and oxygen atoms in total. The molecule has 0 aromatic carbocycles. The first kappa shape index (κ1) is 14.9. The summed E-state index contributed by atoms with van der Waals surface area (Å²) in [5.41, 5.74) is 0.0269. The summed E-state index contributed by atoms with van der Waals surface area (Å²) in [6.45, 7) is 6.83. The summed E-state index contributed by atoms with van der Waals surface area (Å²) in [6.07, 6.45) is 1.54. The van der Waals surface area contributed by atoms with E-state index in [0.717, 1.165) is 24.4 Å². The van der Waals surface area contributed by atoms with Gasteiger partial charge in [0.25, 0.3) is 5.91 Å². The number of hydrogen-bond acceptors (Lipinski definition) is 6. The lowest BCUT2D eigenvalue weighted by atomic mass is 9.82. The Morgan fingerprint density at radius 1 is 1.50 bits per heavy atom. The van der Waals surface area contributed by atoms with Gasteiger partial charge in [-0.2, -0.15) is 0 Å². The Morgan fingerprint density at radius 2 is 2.25 bits per heavy atom. The first-order valence-corrected chi connectivity index (χ1v) is 7.51. The molecule has 2 rings (SSSR count). The molecule has 1 unspecified atom stereocenters. The van der Waals surface area contributed by atoms with Gasteiger partial charge in [0.1, 0.15) is 4.88 Å². The number of likely N-dealkylation sites (tertiary alicyclic amines) is 1. The zero-order chi connectivity index (χ0) is 14.8. The van der Waals surface area contributed by atoms with Crippen LogP contribution >= 0.6 is 11.5 Å². The third-order valence-corrected chi connectivity index (χ3v) is 4.41. The summed E-state index contributed by atoms with van der Waals surface area (Å²) in [6, 6.07) is 0. The highest BCUT2D eigenvalue weighted by Gasteiger charge is 2.41. The number of esters is 1. The number of hydrogen-bond donors (Lipinski definition) is 0. The van der Waals surface area contributed by atoms with Gasteiger partial charge < -0.3 is 9.64 Å². The van der Waals surface area contributed by atoms with Crippen LogP contribution in [-0.2, 0) is 9.53 Å². The van der Waals surface area contributed by atoms with Crippen LogP contribution in [0.2, 0.25) is 0 Å². The van der Waals surface area contributed by atoms with Crippen molar-refractivity contribution in [3.8, 4) is 0 Å². The highest BCUT2D eigenvalue weighted by atomic mass is 32.1. The second-order valence-corrected chi connectivity index (χ2v) is 6.05. The van der Waals surface area contributed by atoms with Gasteiger partial charge in [0, 0.05) is 13.1 Å². The SMILES string of the molecule is CCOC(=O)C1(C)CCCN(C(=O)c2snnc2C)C1. The van der Waals surface area contributed by atoms with E-state index < -0.39 is 5.41 Å². The molecule has 1 fully saturated rings. The van der Waals surface area contributed by atoms with E-state index >= 15 is 0 Å². The minimum absolute atomic E-state index is 0.0901. The van der Waals surface area contributed by atoms with Gasteiger partial charge in [-0.25, -0.2) is 0 Å². The lowest BCUT2D eigenvalue weighted by Gasteiger charge is -2.38. The van der Waals surface area contributed by atoms with Crippen LogP contribution in [0.4, 0.5) is 0 Å². The monoisotopic (exact) mass is 297 g/mol. The highest BCUT2D eigenvalue weighted by Crippen LogP contribution is 2.32. The number of piperidine rings is 1. The van der Waals surface area contributed by atoms with Crippen molar-refractivity contribution in [1.82, 2.24) is 14.5 Å². The number of amides is 1. The third kappa shape index (κ3) is 2.82. The molecule has 20 heavy (non-hydrogen) atoms. The Balaban J connectivity index is 2.13. The predicted octanol–water partition coefficient (Wildman–Crippen LogP) is 1.65. The molecule has 1 atom stereocenters. The number of carbonyl (C=O) groups excluding carboxylic acids is 2. The maximum atomic E-state index is 12.5. The van der Waals surface area contributed by atoms with Crippen LogP contribution in [0.3, 0.4) is 0 Å². The lowest BCUT2D eigenvalue weighted by molar-refractivity contribution is -0.157. The molecule has 1 saturated heterocycles. The number of aryl methyl sites for hydroxylation is 1. The van der Waals surface area contributed by atoms with Crippen molar-refractivity contribution >= 4 is 23.4 Å². The maximum Gasteiger partial charge on any atom is 0.313 e.